The normalized spacial score (nSPS) is 10.3. The van der Waals surface area contributed by atoms with E-state index in [0.717, 1.165) is 36.5 Å². The van der Waals surface area contributed by atoms with Crippen LogP contribution in [-0.4, -0.2) is 36.0 Å². The summed E-state index contributed by atoms with van der Waals surface area (Å²) in [5.41, 5.74) is 2.29. The van der Waals surface area contributed by atoms with Crippen molar-refractivity contribution in [1.29, 1.82) is 0 Å². The number of carbonyl (C=O) groups excluding carboxylic acids is 1. The molecule has 0 fully saturated rings. The number of rotatable bonds is 8. The highest BCUT2D eigenvalue weighted by atomic mass is 16.5. The maximum Gasteiger partial charge on any atom is 0.255 e. The number of amides is 1. The molecule has 1 heterocycles. The Balaban J connectivity index is 2.05. The zero-order valence-corrected chi connectivity index (χ0v) is 14.6. The molecule has 0 radical (unpaired) electrons. The molecule has 0 atom stereocenters. The molecule has 5 heteroatoms. The third kappa shape index (κ3) is 4.98. The van der Waals surface area contributed by atoms with Gasteiger partial charge in [0.25, 0.3) is 5.91 Å². The quantitative estimate of drug-likeness (QED) is 0.793. The van der Waals surface area contributed by atoms with Crippen molar-refractivity contribution in [2.24, 2.45) is 0 Å². The van der Waals surface area contributed by atoms with Crippen LogP contribution >= 0.6 is 0 Å². The van der Waals surface area contributed by atoms with Gasteiger partial charge in [0.2, 0.25) is 0 Å². The van der Waals surface area contributed by atoms with Crippen LogP contribution in [0.4, 0.5) is 11.4 Å². The number of unbranched alkanes of at least 4 members (excludes halogenated alkanes) is 1. The molecule has 0 saturated carbocycles. The lowest BCUT2D eigenvalue weighted by molar-refractivity contribution is 0.0793. The van der Waals surface area contributed by atoms with Gasteiger partial charge in [0, 0.05) is 25.5 Å². The summed E-state index contributed by atoms with van der Waals surface area (Å²) >= 11 is 0. The van der Waals surface area contributed by atoms with Gasteiger partial charge in [0.05, 0.1) is 24.1 Å². The van der Waals surface area contributed by atoms with Crippen molar-refractivity contribution in [1.82, 2.24) is 9.88 Å². The van der Waals surface area contributed by atoms with Gasteiger partial charge in [0.1, 0.15) is 5.75 Å². The summed E-state index contributed by atoms with van der Waals surface area (Å²) in [6, 6.07) is 9.52. The van der Waals surface area contributed by atoms with E-state index in [1.807, 2.05) is 44.3 Å². The second-order valence-electron chi connectivity index (χ2n) is 5.62. The van der Waals surface area contributed by atoms with Gasteiger partial charge >= 0.3 is 0 Å². The van der Waals surface area contributed by atoms with Crippen molar-refractivity contribution in [3.05, 3.63) is 48.3 Å². The number of nitrogens with zero attached hydrogens (tertiary/aromatic N) is 2. The summed E-state index contributed by atoms with van der Waals surface area (Å²) in [5, 5.41) is 3.26. The highest BCUT2D eigenvalue weighted by Crippen LogP contribution is 2.20. The smallest absolute Gasteiger partial charge is 0.255 e. The first-order valence-corrected chi connectivity index (χ1v) is 8.34. The predicted octanol–water partition coefficient (Wildman–Crippen LogP) is 4.10. The molecule has 1 aromatic carbocycles. The monoisotopic (exact) mass is 327 g/mol. The molecule has 0 bridgehead atoms. The van der Waals surface area contributed by atoms with Gasteiger partial charge in [-0.1, -0.05) is 13.3 Å². The second-order valence-corrected chi connectivity index (χ2v) is 5.62. The summed E-state index contributed by atoms with van der Waals surface area (Å²) in [7, 11) is 1.82. The van der Waals surface area contributed by atoms with Crippen molar-refractivity contribution < 1.29 is 9.53 Å². The maximum absolute atomic E-state index is 12.4. The summed E-state index contributed by atoms with van der Waals surface area (Å²) in [6.07, 6.45) is 5.38. The molecule has 24 heavy (non-hydrogen) atoms. The van der Waals surface area contributed by atoms with Crippen LogP contribution in [-0.2, 0) is 0 Å². The number of nitrogens with one attached hydrogen (secondary N) is 1. The number of aromatic nitrogens is 1. The fraction of sp³-hybridized carbons (Fsp3) is 0.368. The third-order valence-corrected chi connectivity index (χ3v) is 3.63. The number of pyridine rings is 1. The fourth-order valence-corrected chi connectivity index (χ4v) is 2.31. The lowest BCUT2D eigenvalue weighted by Gasteiger charge is -2.17. The van der Waals surface area contributed by atoms with Crippen LogP contribution in [0.25, 0.3) is 0 Å². The second kappa shape index (κ2) is 8.91. The molecule has 2 rings (SSSR count). The van der Waals surface area contributed by atoms with Gasteiger partial charge in [-0.2, -0.15) is 0 Å². The lowest BCUT2D eigenvalue weighted by Crippen LogP contribution is -2.27. The Kier molecular flexibility index (Phi) is 6.61. The number of carbonyl (C=O) groups is 1. The minimum absolute atomic E-state index is 0.00806. The van der Waals surface area contributed by atoms with Crippen LogP contribution in [0.1, 0.15) is 37.0 Å². The minimum atomic E-state index is -0.00806. The molecule has 0 spiro atoms. The van der Waals surface area contributed by atoms with Gasteiger partial charge in [-0.25, -0.2) is 0 Å². The highest BCUT2D eigenvalue weighted by molar-refractivity contribution is 5.94. The van der Waals surface area contributed by atoms with E-state index in [-0.39, 0.29) is 5.91 Å². The van der Waals surface area contributed by atoms with E-state index in [4.69, 9.17) is 4.74 Å². The Bertz CT molecular complexity index is 656. The Hall–Kier alpha value is -2.56. The first-order chi connectivity index (χ1) is 11.6. The van der Waals surface area contributed by atoms with Gasteiger partial charge in [-0.3, -0.25) is 9.78 Å². The molecule has 0 aliphatic rings. The molecular weight excluding hydrogens is 302 g/mol. The first kappa shape index (κ1) is 17.8. The molecule has 1 N–H and O–H groups in total. The Morgan fingerprint density at radius 3 is 2.58 bits per heavy atom. The van der Waals surface area contributed by atoms with Crippen LogP contribution in [0.15, 0.2) is 42.7 Å². The number of ether oxygens (including phenoxy) is 1. The van der Waals surface area contributed by atoms with Crippen molar-refractivity contribution in [3.8, 4) is 5.75 Å². The van der Waals surface area contributed by atoms with E-state index < -0.39 is 0 Å². The van der Waals surface area contributed by atoms with Crippen molar-refractivity contribution in [2.75, 3.05) is 25.5 Å². The van der Waals surface area contributed by atoms with Crippen LogP contribution in [0.5, 0.6) is 5.75 Å². The minimum Gasteiger partial charge on any atom is -0.494 e. The number of hydrogen-bond donors (Lipinski definition) is 1. The highest BCUT2D eigenvalue weighted by Gasteiger charge is 2.12. The van der Waals surface area contributed by atoms with E-state index in [2.05, 4.69) is 17.2 Å². The van der Waals surface area contributed by atoms with Crippen LogP contribution in [0, 0.1) is 0 Å². The molecule has 0 unspecified atom stereocenters. The number of anilines is 2. The average molecular weight is 327 g/mol. The van der Waals surface area contributed by atoms with E-state index >= 15 is 0 Å². The molecule has 5 nitrogen and oxygen atoms in total. The molecule has 128 valence electrons. The molecular formula is C19H25N3O2. The average Bonchev–Trinajstić information content (AvgIpc) is 2.61. The molecule has 0 saturated heterocycles. The van der Waals surface area contributed by atoms with Gasteiger partial charge < -0.3 is 15.0 Å². The van der Waals surface area contributed by atoms with Gasteiger partial charge in [-0.05, 0) is 43.7 Å². The van der Waals surface area contributed by atoms with Crippen LogP contribution in [0.3, 0.4) is 0 Å². The standard InChI is InChI=1S/C19H25N3O2/c1-4-6-11-22(3)19(23)15-12-17(14-20-13-15)21-16-7-9-18(10-8-16)24-5-2/h7-10,12-14,21H,4-6,11H2,1-3H3. The Labute approximate surface area is 143 Å². The van der Waals surface area contributed by atoms with Crippen molar-refractivity contribution in [2.45, 2.75) is 26.7 Å². The van der Waals surface area contributed by atoms with Gasteiger partial charge in [0.15, 0.2) is 0 Å². The summed E-state index contributed by atoms with van der Waals surface area (Å²) in [4.78, 5) is 18.3. The zero-order chi connectivity index (χ0) is 17.4. The SMILES string of the molecule is CCCCN(C)C(=O)c1cncc(Nc2ccc(OCC)cc2)c1. The zero-order valence-electron chi connectivity index (χ0n) is 14.6. The predicted molar refractivity (Wildman–Crippen MR) is 97.0 cm³/mol. The molecule has 0 aliphatic carbocycles. The molecule has 0 aliphatic heterocycles. The third-order valence-electron chi connectivity index (χ3n) is 3.63. The van der Waals surface area contributed by atoms with Crippen LogP contribution < -0.4 is 10.1 Å². The summed E-state index contributed by atoms with van der Waals surface area (Å²) < 4.78 is 5.43. The van der Waals surface area contributed by atoms with Crippen molar-refractivity contribution in [3.63, 3.8) is 0 Å². The topological polar surface area (TPSA) is 54.5 Å². The molecule has 1 aromatic heterocycles. The Morgan fingerprint density at radius 1 is 1.17 bits per heavy atom. The van der Waals surface area contributed by atoms with E-state index in [1.54, 1.807) is 17.3 Å². The number of benzene rings is 1. The van der Waals surface area contributed by atoms with Gasteiger partial charge in [-0.15, -0.1) is 0 Å². The van der Waals surface area contributed by atoms with Crippen LogP contribution in [0.2, 0.25) is 0 Å². The molecule has 1 amide bonds. The van der Waals surface area contributed by atoms with E-state index in [0.29, 0.717) is 12.2 Å². The maximum atomic E-state index is 12.4. The van der Waals surface area contributed by atoms with E-state index in [1.165, 1.54) is 0 Å². The Morgan fingerprint density at radius 2 is 1.92 bits per heavy atom. The first-order valence-electron chi connectivity index (χ1n) is 8.34. The fourth-order valence-electron chi connectivity index (χ4n) is 2.31. The largest absolute Gasteiger partial charge is 0.494 e. The van der Waals surface area contributed by atoms with E-state index in [9.17, 15) is 4.79 Å². The van der Waals surface area contributed by atoms with Crippen molar-refractivity contribution >= 4 is 17.3 Å². The summed E-state index contributed by atoms with van der Waals surface area (Å²) in [5.74, 6) is 0.828. The lowest BCUT2D eigenvalue weighted by atomic mass is 10.2. The summed E-state index contributed by atoms with van der Waals surface area (Å²) in [6.45, 7) is 5.47. The number of hydrogen-bond acceptors (Lipinski definition) is 4. The molecule has 2 aromatic rings.